The number of aromatic nitrogens is 4. The van der Waals surface area contributed by atoms with E-state index < -0.39 is 0 Å². The van der Waals surface area contributed by atoms with Crippen LogP contribution in [0.4, 0.5) is 0 Å². The summed E-state index contributed by atoms with van der Waals surface area (Å²) in [5.74, 6) is 0.408. The minimum Gasteiger partial charge on any atom is -0.259 e. The molecule has 0 spiro atoms. The van der Waals surface area contributed by atoms with Gasteiger partial charge in [0.05, 0.1) is 11.9 Å². The summed E-state index contributed by atoms with van der Waals surface area (Å²) in [4.78, 5) is 8.56. The van der Waals surface area contributed by atoms with Gasteiger partial charge in [-0.2, -0.15) is 5.10 Å². The maximum atomic E-state index is 4.35. The molecule has 62 valence electrons. The van der Waals surface area contributed by atoms with Crippen LogP contribution in [0.2, 0.25) is 0 Å². The molecule has 4 heteroatoms. The van der Waals surface area contributed by atoms with Crippen molar-refractivity contribution < 1.29 is 0 Å². The summed E-state index contributed by atoms with van der Waals surface area (Å²) in [5, 5.41) is 6.64. The van der Waals surface area contributed by atoms with E-state index in [-0.39, 0.29) is 0 Å². The predicted molar refractivity (Wildman–Crippen MR) is 45.8 cm³/mol. The molecule has 0 saturated carbocycles. The van der Waals surface area contributed by atoms with E-state index in [4.69, 9.17) is 0 Å². The predicted octanol–water partition coefficient (Wildman–Crippen LogP) is 1.48. The molecule has 0 aliphatic rings. The number of nitrogens with one attached hydrogen (secondary N) is 1. The van der Waals surface area contributed by atoms with E-state index in [0.29, 0.717) is 5.92 Å². The number of fused-ring (bicyclic) bond motifs is 1. The number of aromatic amines is 1. The maximum Gasteiger partial charge on any atom is 0.174 e. The van der Waals surface area contributed by atoms with E-state index >= 15 is 0 Å². The van der Waals surface area contributed by atoms with Crippen LogP contribution >= 0.6 is 0 Å². The molecule has 0 atom stereocenters. The highest BCUT2D eigenvalue weighted by Crippen LogP contribution is 2.12. The molecule has 0 saturated heterocycles. The van der Waals surface area contributed by atoms with E-state index in [2.05, 4.69) is 34.0 Å². The average molecular weight is 162 g/mol. The lowest BCUT2D eigenvalue weighted by molar-refractivity contribution is 0.819. The zero-order valence-corrected chi connectivity index (χ0v) is 7.07. The molecule has 2 aromatic heterocycles. The van der Waals surface area contributed by atoms with E-state index in [9.17, 15) is 0 Å². The molecule has 0 aliphatic heterocycles. The van der Waals surface area contributed by atoms with Gasteiger partial charge in [0.15, 0.2) is 5.65 Å². The topological polar surface area (TPSA) is 54.5 Å². The fourth-order valence-electron chi connectivity index (χ4n) is 1.02. The Morgan fingerprint density at radius 1 is 1.33 bits per heavy atom. The Bertz CT molecular complexity index is 391. The van der Waals surface area contributed by atoms with Gasteiger partial charge in [0.2, 0.25) is 0 Å². The van der Waals surface area contributed by atoms with Crippen LogP contribution in [0.3, 0.4) is 0 Å². The minimum absolute atomic E-state index is 0.408. The van der Waals surface area contributed by atoms with Crippen molar-refractivity contribution in [3.8, 4) is 0 Å². The number of hydrogen-bond donors (Lipinski definition) is 1. The van der Waals surface area contributed by atoms with Gasteiger partial charge in [-0.1, -0.05) is 13.8 Å². The molecule has 2 aromatic rings. The second-order valence-corrected chi connectivity index (χ2v) is 3.05. The second-order valence-electron chi connectivity index (χ2n) is 3.05. The summed E-state index contributed by atoms with van der Waals surface area (Å²) in [7, 11) is 0. The van der Waals surface area contributed by atoms with Crippen LogP contribution in [0.25, 0.3) is 11.2 Å². The van der Waals surface area contributed by atoms with Crippen molar-refractivity contribution in [2.24, 2.45) is 0 Å². The first-order chi connectivity index (χ1) is 5.77. The fraction of sp³-hybridized carbons (Fsp3) is 0.375. The van der Waals surface area contributed by atoms with Gasteiger partial charge < -0.3 is 0 Å². The molecule has 0 radical (unpaired) electrons. The second kappa shape index (κ2) is 2.55. The van der Waals surface area contributed by atoms with Gasteiger partial charge in [-0.15, -0.1) is 0 Å². The van der Waals surface area contributed by atoms with E-state index in [0.717, 1.165) is 16.9 Å². The van der Waals surface area contributed by atoms with Crippen molar-refractivity contribution in [2.75, 3.05) is 0 Å². The zero-order chi connectivity index (χ0) is 8.55. The van der Waals surface area contributed by atoms with Crippen LogP contribution in [-0.4, -0.2) is 20.2 Å². The molecular formula is C8H10N4. The summed E-state index contributed by atoms with van der Waals surface area (Å²) in [6.07, 6.45) is 3.47. The molecule has 0 fully saturated rings. The van der Waals surface area contributed by atoms with Crippen LogP contribution in [0.15, 0.2) is 12.4 Å². The van der Waals surface area contributed by atoms with Gasteiger partial charge >= 0.3 is 0 Å². The van der Waals surface area contributed by atoms with Gasteiger partial charge in [-0.05, 0) is 5.92 Å². The molecule has 4 nitrogen and oxygen atoms in total. The largest absolute Gasteiger partial charge is 0.259 e. The summed E-state index contributed by atoms with van der Waals surface area (Å²) in [5.41, 5.74) is 2.58. The first-order valence-electron chi connectivity index (χ1n) is 3.93. The lowest BCUT2D eigenvalue weighted by Crippen LogP contribution is -1.93. The molecule has 0 aromatic carbocycles. The van der Waals surface area contributed by atoms with Crippen molar-refractivity contribution in [3.63, 3.8) is 0 Å². The van der Waals surface area contributed by atoms with Crippen molar-refractivity contribution in [2.45, 2.75) is 19.8 Å². The molecular weight excluding hydrogens is 152 g/mol. The highest BCUT2D eigenvalue weighted by Gasteiger charge is 2.03. The Balaban J connectivity index is 2.60. The zero-order valence-electron chi connectivity index (χ0n) is 7.07. The van der Waals surface area contributed by atoms with Crippen LogP contribution in [0.5, 0.6) is 0 Å². The first kappa shape index (κ1) is 7.21. The number of nitrogens with zero attached hydrogens (tertiary/aromatic N) is 3. The van der Waals surface area contributed by atoms with E-state index in [1.807, 2.05) is 0 Å². The van der Waals surface area contributed by atoms with E-state index in [1.54, 1.807) is 12.4 Å². The SMILES string of the molecule is CC(C)c1cnc2cn[nH]c2n1. The molecule has 2 rings (SSSR count). The third-order valence-corrected chi connectivity index (χ3v) is 1.77. The highest BCUT2D eigenvalue weighted by atomic mass is 15.1. The van der Waals surface area contributed by atoms with Crippen molar-refractivity contribution in [1.82, 2.24) is 20.2 Å². The number of H-pyrrole nitrogens is 1. The van der Waals surface area contributed by atoms with Crippen molar-refractivity contribution in [3.05, 3.63) is 18.1 Å². The van der Waals surface area contributed by atoms with Gasteiger partial charge in [0, 0.05) is 6.20 Å². The lowest BCUT2D eigenvalue weighted by Gasteiger charge is -2.01. The van der Waals surface area contributed by atoms with E-state index in [1.165, 1.54) is 0 Å². The smallest absolute Gasteiger partial charge is 0.174 e. The molecule has 1 N–H and O–H groups in total. The molecule has 0 bridgehead atoms. The summed E-state index contributed by atoms with van der Waals surface area (Å²) >= 11 is 0. The van der Waals surface area contributed by atoms with Gasteiger partial charge in [-0.3, -0.25) is 5.10 Å². The molecule has 0 aliphatic carbocycles. The Hall–Kier alpha value is -1.45. The van der Waals surface area contributed by atoms with Gasteiger partial charge in [0.25, 0.3) is 0 Å². The highest BCUT2D eigenvalue weighted by molar-refractivity contribution is 5.67. The Kier molecular flexibility index (Phi) is 1.53. The third kappa shape index (κ3) is 1.05. The first-order valence-corrected chi connectivity index (χ1v) is 3.93. The maximum absolute atomic E-state index is 4.35. The molecule has 12 heavy (non-hydrogen) atoms. The van der Waals surface area contributed by atoms with Crippen molar-refractivity contribution >= 4 is 11.2 Å². The Morgan fingerprint density at radius 3 is 2.92 bits per heavy atom. The summed E-state index contributed by atoms with van der Waals surface area (Å²) < 4.78 is 0. The summed E-state index contributed by atoms with van der Waals surface area (Å²) in [6.45, 7) is 4.18. The Morgan fingerprint density at radius 2 is 2.17 bits per heavy atom. The molecule has 0 unspecified atom stereocenters. The fourth-order valence-corrected chi connectivity index (χ4v) is 1.02. The van der Waals surface area contributed by atoms with Crippen LogP contribution in [0.1, 0.15) is 25.5 Å². The molecule has 2 heterocycles. The van der Waals surface area contributed by atoms with Gasteiger partial charge in [-0.25, -0.2) is 9.97 Å². The minimum atomic E-state index is 0.408. The lowest BCUT2D eigenvalue weighted by atomic mass is 10.1. The normalized spacial score (nSPS) is 11.2. The third-order valence-electron chi connectivity index (χ3n) is 1.77. The quantitative estimate of drug-likeness (QED) is 0.690. The molecule has 0 amide bonds. The van der Waals surface area contributed by atoms with Crippen LogP contribution in [0, 0.1) is 0 Å². The van der Waals surface area contributed by atoms with Gasteiger partial charge in [0.1, 0.15) is 5.52 Å². The number of rotatable bonds is 1. The van der Waals surface area contributed by atoms with Crippen LogP contribution in [-0.2, 0) is 0 Å². The summed E-state index contributed by atoms with van der Waals surface area (Å²) in [6, 6.07) is 0. The average Bonchev–Trinajstić information content (AvgIpc) is 2.49. The number of hydrogen-bond acceptors (Lipinski definition) is 3. The Labute approximate surface area is 70.0 Å². The van der Waals surface area contributed by atoms with Crippen LogP contribution < -0.4 is 0 Å². The monoisotopic (exact) mass is 162 g/mol. The standard InChI is InChI=1S/C8H10N4/c1-5(2)6-3-9-7-4-10-12-8(7)11-6/h3-5H,1-2H3,(H,10,11,12). The van der Waals surface area contributed by atoms with Crippen molar-refractivity contribution in [1.29, 1.82) is 0 Å².